The van der Waals surface area contributed by atoms with E-state index in [2.05, 4.69) is 0 Å². The van der Waals surface area contributed by atoms with Gasteiger partial charge in [0.25, 0.3) is 0 Å². The third-order valence-corrected chi connectivity index (χ3v) is 4.54. The Balaban J connectivity index is 1.55. The summed E-state index contributed by atoms with van der Waals surface area (Å²) in [5, 5.41) is 0. The number of hydrogen-bond donors (Lipinski definition) is 0. The first-order valence-electron chi connectivity index (χ1n) is 8.13. The Bertz CT molecular complexity index is 549. The summed E-state index contributed by atoms with van der Waals surface area (Å²) in [5.41, 5.74) is -0.646. The molecular weight excluding hydrogens is 315 g/mol. The van der Waals surface area contributed by atoms with Gasteiger partial charge in [-0.05, 0) is 34.2 Å². The van der Waals surface area contributed by atoms with E-state index in [1.165, 1.54) is 0 Å². The minimum atomic E-state index is -0.848. The van der Waals surface area contributed by atoms with Gasteiger partial charge in [-0.2, -0.15) is 0 Å². The fraction of sp³-hybridized carbons (Fsp3) is 0.800. The van der Waals surface area contributed by atoms with Crippen LogP contribution in [-0.4, -0.2) is 73.8 Å². The van der Waals surface area contributed by atoms with Gasteiger partial charge in [-0.3, -0.25) is 14.5 Å². The van der Waals surface area contributed by atoms with Crippen LogP contribution in [-0.2, 0) is 23.6 Å². The van der Waals surface area contributed by atoms with Crippen molar-refractivity contribution < 1.29 is 28.4 Å². The highest BCUT2D eigenvalue weighted by atomic mass is 16.6. The van der Waals surface area contributed by atoms with Crippen LogP contribution in [0.4, 0.5) is 4.79 Å². The van der Waals surface area contributed by atoms with E-state index in [1.54, 1.807) is 16.8 Å². The van der Waals surface area contributed by atoms with E-state index in [-0.39, 0.29) is 30.4 Å². The van der Waals surface area contributed by atoms with Gasteiger partial charge < -0.3 is 18.9 Å². The number of carbonyl (C=O) groups excluding carboxylic acids is 3. The lowest BCUT2D eigenvalue weighted by Gasteiger charge is -2.41. The highest BCUT2D eigenvalue weighted by Crippen LogP contribution is 2.65. The topological polar surface area (TPSA) is 85.4 Å². The molecule has 1 unspecified atom stereocenters. The monoisotopic (exact) mass is 338 g/mol. The zero-order chi connectivity index (χ0) is 17.7. The maximum Gasteiger partial charge on any atom is 0.602 e. The Morgan fingerprint density at radius 2 is 1.75 bits per heavy atom. The summed E-state index contributed by atoms with van der Waals surface area (Å²) in [6.45, 7) is 6.68. The lowest BCUT2D eigenvalue weighted by Crippen LogP contribution is -2.54. The van der Waals surface area contributed by atoms with Crippen molar-refractivity contribution in [1.82, 2.24) is 9.80 Å². The van der Waals surface area contributed by atoms with Crippen molar-refractivity contribution in [2.24, 2.45) is 5.41 Å². The molecular formula is C15H23BN2O6. The number of hydrogen-bond acceptors (Lipinski definition) is 7. The number of likely N-dealkylation sites (tertiary alicyclic amines) is 1. The van der Waals surface area contributed by atoms with Gasteiger partial charge in [0.15, 0.2) is 0 Å². The first-order valence-corrected chi connectivity index (χ1v) is 8.13. The average molecular weight is 338 g/mol. The van der Waals surface area contributed by atoms with E-state index in [0.717, 1.165) is 6.42 Å². The maximum atomic E-state index is 12.0. The molecule has 3 fully saturated rings. The third-order valence-electron chi connectivity index (χ3n) is 4.54. The Morgan fingerprint density at radius 3 is 2.25 bits per heavy atom. The molecule has 1 amide bonds. The van der Waals surface area contributed by atoms with Gasteiger partial charge in [0, 0.05) is 24.3 Å². The van der Waals surface area contributed by atoms with Crippen LogP contribution in [0, 0.1) is 5.41 Å². The molecule has 1 atom stereocenters. The molecule has 2 aliphatic heterocycles. The van der Waals surface area contributed by atoms with Gasteiger partial charge in [-0.15, -0.1) is 0 Å². The molecule has 8 nitrogen and oxygen atoms in total. The maximum absolute atomic E-state index is 12.0. The highest BCUT2D eigenvalue weighted by Gasteiger charge is 2.70. The van der Waals surface area contributed by atoms with E-state index in [0.29, 0.717) is 13.1 Å². The van der Waals surface area contributed by atoms with E-state index < -0.39 is 24.7 Å². The van der Waals surface area contributed by atoms with Crippen LogP contribution >= 0.6 is 0 Å². The lowest BCUT2D eigenvalue weighted by atomic mass is 9.74. The molecule has 132 valence electrons. The fourth-order valence-corrected chi connectivity index (χ4v) is 3.32. The SMILES string of the molecule is CN1CC(=O)OB(C2CC23CN(C(=O)OC(C)(C)C)C3)OC(=O)C1. The van der Waals surface area contributed by atoms with Crippen molar-refractivity contribution in [3.8, 4) is 0 Å². The number of carbonyl (C=O) groups is 3. The van der Waals surface area contributed by atoms with E-state index in [4.69, 9.17) is 14.0 Å². The van der Waals surface area contributed by atoms with Crippen LogP contribution in [0.1, 0.15) is 27.2 Å². The zero-order valence-corrected chi connectivity index (χ0v) is 14.5. The van der Waals surface area contributed by atoms with Crippen LogP contribution < -0.4 is 0 Å². The number of amides is 1. The van der Waals surface area contributed by atoms with Gasteiger partial charge in [0.05, 0.1) is 13.1 Å². The molecule has 0 bridgehead atoms. The van der Waals surface area contributed by atoms with Crippen molar-refractivity contribution in [2.75, 3.05) is 33.2 Å². The second-order valence-corrected chi connectivity index (χ2v) is 8.03. The van der Waals surface area contributed by atoms with Gasteiger partial charge in [0.1, 0.15) is 5.60 Å². The number of rotatable bonds is 1. The van der Waals surface area contributed by atoms with Gasteiger partial charge >= 0.3 is 25.2 Å². The van der Waals surface area contributed by atoms with Crippen LogP contribution in [0.5, 0.6) is 0 Å². The molecule has 2 saturated heterocycles. The van der Waals surface area contributed by atoms with Gasteiger partial charge in [0.2, 0.25) is 0 Å². The van der Waals surface area contributed by atoms with Crippen molar-refractivity contribution in [3.63, 3.8) is 0 Å². The van der Waals surface area contributed by atoms with Crippen molar-refractivity contribution in [2.45, 2.75) is 38.6 Å². The minimum Gasteiger partial charge on any atom is -0.498 e. The first kappa shape index (κ1) is 17.1. The molecule has 9 heteroatoms. The summed E-state index contributed by atoms with van der Waals surface area (Å²) in [6.07, 6.45) is 0.431. The third kappa shape index (κ3) is 3.50. The standard InChI is InChI=1S/C15H23BN2O6/c1-14(2,3)22-13(21)18-8-15(9-18)5-10(15)16-23-11(19)6-17(4)7-12(20)24-16/h10H,5-9H2,1-4H3. The predicted molar refractivity (Wildman–Crippen MR) is 84.0 cm³/mol. The number of nitrogens with zero attached hydrogens (tertiary/aromatic N) is 2. The van der Waals surface area contributed by atoms with Crippen molar-refractivity contribution in [1.29, 1.82) is 0 Å². The lowest BCUT2D eigenvalue weighted by molar-refractivity contribution is -0.145. The molecule has 0 aromatic rings. The fourth-order valence-electron chi connectivity index (χ4n) is 3.32. The van der Waals surface area contributed by atoms with Crippen LogP contribution in [0.2, 0.25) is 5.82 Å². The Hall–Kier alpha value is -1.77. The number of likely N-dealkylation sites (N-methyl/N-ethyl adjacent to an activating group) is 1. The van der Waals surface area contributed by atoms with Crippen molar-refractivity contribution >= 4 is 25.2 Å². The van der Waals surface area contributed by atoms with Crippen LogP contribution in [0.25, 0.3) is 0 Å². The second kappa shape index (κ2) is 5.65. The summed E-state index contributed by atoms with van der Waals surface area (Å²) in [4.78, 5) is 38.8. The second-order valence-electron chi connectivity index (χ2n) is 8.03. The summed E-state index contributed by atoms with van der Waals surface area (Å²) >= 11 is 0. The zero-order valence-electron chi connectivity index (χ0n) is 14.5. The predicted octanol–water partition coefficient (Wildman–Crippen LogP) is 0.517. The van der Waals surface area contributed by atoms with Gasteiger partial charge in [-0.1, -0.05) is 0 Å². The Labute approximate surface area is 141 Å². The van der Waals surface area contributed by atoms with Crippen LogP contribution in [0.15, 0.2) is 0 Å². The highest BCUT2D eigenvalue weighted by molar-refractivity contribution is 6.52. The summed E-state index contributed by atoms with van der Waals surface area (Å²) in [7, 11) is 0.811. The average Bonchev–Trinajstić information content (AvgIpc) is 3.07. The molecule has 0 aromatic carbocycles. The quantitative estimate of drug-likeness (QED) is 0.644. The molecule has 1 aliphatic carbocycles. The van der Waals surface area contributed by atoms with E-state index in [9.17, 15) is 14.4 Å². The molecule has 3 rings (SSSR count). The molecule has 0 aromatic heterocycles. The minimum absolute atomic E-state index is 0.0486. The summed E-state index contributed by atoms with van der Waals surface area (Å²) in [6, 6.07) is 0. The number of ether oxygens (including phenoxy) is 1. The Kier molecular flexibility index (Phi) is 4.02. The summed E-state index contributed by atoms with van der Waals surface area (Å²) < 4.78 is 15.9. The van der Waals surface area contributed by atoms with Crippen molar-refractivity contribution in [3.05, 3.63) is 0 Å². The first-order chi connectivity index (χ1) is 11.1. The molecule has 2 heterocycles. The molecule has 0 radical (unpaired) electrons. The van der Waals surface area contributed by atoms with E-state index in [1.807, 2.05) is 20.8 Å². The Morgan fingerprint density at radius 1 is 1.21 bits per heavy atom. The molecule has 1 spiro atoms. The largest absolute Gasteiger partial charge is 0.602 e. The summed E-state index contributed by atoms with van der Waals surface area (Å²) in [5.74, 6) is -0.853. The van der Waals surface area contributed by atoms with Crippen LogP contribution in [0.3, 0.4) is 0 Å². The van der Waals surface area contributed by atoms with Gasteiger partial charge in [-0.25, -0.2) is 4.79 Å². The normalized spacial score (nSPS) is 26.9. The molecule has 3 aliphatic rings. The molecule has 0 N–H and O–H groups in total. The smallest absolute Gasteiger partial charge is 0.498 e. The molecule has 1 saturated carbocycles. The molecule has 24 heavy (non-hydrogen) atoms. The van der Waals surface area contributed by atoms with E-state index >= 15 is 0 Å².